The minimum Gasteiger partial charge on any atom is -0.394 e. The van der Waals surface area contributed by atoms with E-state index in [-0.39, 0.29) is 6.61 Å². The molecule has 0 saturated carbocycles. The van der Waals surface area contributed by atoms with Gasteiger partial charge in [0, 0.05) is 6.61 Å². The molecule has 0 spiro atoms. The van der Waals surface area contributed by atoms with Crippen molar-refractivity contribution in [2.45, 2.75) is 95.5 Å². The van der Waals surface area contributed by atoms with Crippen LogP contribution in [0.2, 0.25) is 0 Å². The number of hydrogen-bond acceptors (Lipinski definition) is 6. The Morgan fingerprint density at radius 3 is 1.62 bits per heavy atom. The smallest absolute Gasteiger partial charge is 0.111 e. The monoisotopic (exact) mass is 350 g/mol. The predicted octanol–water partition coefficient (Wildman–Crippen LogP) is 1.36. The van der Waals surface area contributed by atoms with Crippen LogP contribution in [0.15, 0.2) is 0 Å². The van der Waals surface area contributed by atoms with Gasteiger partial charge in [0.05, 0.1) is 13.2 Å². The van der Waals surface area contributed by atoms with Crippen LogP contribution in [0.4, 0.5) is 0 Å². The molecule has 24 heavy (non-hydrogen) atoms. The van der Waals surface area contributed by atoms with E-state index in [2.05, 4.69) is 6.92 Å². The van der Waals surface area contributed by atoms with Crippen LogP contribution < -0.4 is 0 Å². The van der Waals surface area contributed by atoms with Gasteiger partial charge in [0.15, 0.2) is 0 Å². The first-order valence-corrected chi connectivity index (χ1v) is 9.45. The standard InChI is InChI=1S/C18H38O6/c1-2-3-4-5-6-7-8-9-10-11-12-24-14-16(21)18(23)17(22)15(20)13-19/h15-23H,2-14H2,1H3/t15-,16+,17-,18-/m1/s1. The molecule has 0 aromatic carbocycles. The van der Waals surface area contributed by atoms with Gasteiger partial charge in [-0.15, -0.1) is 0 Å². The first-order valence-electron chi connectivity index (χ1n) is 9.45. The predicted molar refractivity (Wildman–Crippen MR) is 93.8 cm³/mol. The van der Waals surface area contributed by atoms with Crippen molar-refractivity contribution < 1.29 is 30.3 Å². The number of unbranched alkanes of at least 4 members (excludes halogenated alkanes) is 9. The minimum atomic E-state index is -1.59. The third kappa shape index (κ3) is 12.2. The molecule has 5 N–H and O–H groups in total. The molecule has 0 aromatic heterocycles. The molecule has 6 nitrogen and oxygen atoms in total. The Kier molecular flexibility index (Phi) is 16.1. The van der Waals surface area contributed by atoms with Gasteiger partial charge in [-0.25, -0.2) is 0 Å². The summed E-state index contributed by atoms with van der Waals surface area (Å²) < 4.78 is 5.29. The molecular weight excluding hydrogens is 312 g/mol. The first kappa shape index (κ1) is 23.8. The zero-order valence-electron chi connectivity index (χ0n) is 15.1. The molecule has 6 heteroatoms. The normalized spacial score (nSPS) is 16.8. The lowest BCUT2D eigenvalue weighted by Crippen LogP contribution is -2.47. The van der Waals surface area contributed by atoms with E-state index in [0.717, 1.165) is 12.8 Å². The van der Waals surface area contributed by atoms with Gasteiger partial charge < -0.3 is 30.3 Å². The summed E-state index contributed by atoms with van der Waals surface area (Å²) in [4.78, 5) is 0. The van der Waals surface area contributed by atoms with Gasteiger partial charge in [0.2, 0.25) is 0 Å². The third-order valence-electron chi connectivity index (χ3n) is 4.26. The van der Waals surface area contributed by atoms with Crippen molar-refractivity contribution in [1.29, 1.82) is 0 Å². The highest BCUT2D eigenvalue weighted by atomic mass is 16.5. The lowest BCUT2D eigenvalue weighted by molar-refractivity contribution is -0.129. The van der Waals surface area contributed by atoms with Crippen LogP contribution >= 0.6 is 0 Å². The molecule has 0 saturated heterocycles. The lowest BCUT2D eigenvalue weighted by Gasteiger charge is -2.25. The van der Waals surface area contributed by atoms with Gasteiger partial charge in [-0.05, 0) is 6.42 Å². The van der Waals surface area contributed by atoms with Crippen LogP contribution in [0, 0.1) is 0 Å². The van der Waals surface area contributed by atoms with E-state index in [9.17, 15) is 20.4 Å². The third-order valence-corrected chi connectivity index (χ3v) is 4.26. The second-order valence-corrected chi connectivity index (χ2v) is 6.56. The summed E-state index contributed by atoms with van der Waals surface area (Å²) >= 11 is 0. The summed E-state index contributed by atoms with van der Waals surface area (Å²) in [5, 5.41) is 46.6. The van der Waals surface area contributed by atoms with Crippen LogP contribution in [0.5, 0.6) is 0 Å². The van der Waals surface area contributed by atoms with Crippen molar-refractivity contribution in [3.8, 4) is 0 Å². The molecule has 0 aliphatic heterocycles. The minimum absolute atomic E-state index is 0.103. The average Bonchev–Trinajstić information content (AvgIpc) is 2.60. The number of rotatable bonds is 17. The number of aliphatic hydroxyl groups is 5. The lowest BCUT2D eigenvalue weighted by atomic mass is 10.0. The van der Waals surface area contributed by atoms with Crippen LogP contribution in [0.25, 0.3) is 0 Å². The van der Waals surface area contributed by atoms with Crippen molar-refractivity contribution in [1.82, 2.24) is 0 Å². The Labute approximate surface area is 146 Å². The van der Waals surface area contributed by atoms with E-state index < -0.39 is 31.0 Å². The van der Waals surface area contributed by atoms with Crippen molar-refractivity contribution >= 4 is 0 Å². The summed E-state index contributed by atoms with van der Waals surface area (Å²) in [5.41, 5.74) is 0. The maximum atomic E-state index is 9.67. The summed E-state index contributed by atoms with van der Waals surface area (Å²) in [7, 11) is 0. The van der Waals surface area contributed by atoms with Gasteiger partial charge in [0.25, 0.3) is 0 Å². The summed E-state index contributed by atoms with van der Waals surface area (Å²) in [6.45, 7) is 1.94. The molecule has 4 atom stereocenters. The Bertz CT molecular complexity index is 264. The molecule has 0 amide bonds. The summed E-state index contributed by atoms with van der Waals surface area (Å²) in [6, 6.07) is 0. The molecule has 0 aliphatic carbocycles. The van der Waals surface area contributed by atoms with E-state index in [1.165, 1.54) is 51.4 Å². The van der Waals surface area contributed by atoms with E-state index in [4.69, 9.17) is 9.84 Å². The van der Waals surface area contributed by atoms with Gasteiger partial charge in [0.1, 0.15) is 24.4 Å². The molecule has 0 unspecified atom stereocenters. The Morgan fingerprint density at radius 2 is 1.12 bits per heavy atom. The van der Waals surface area contributed by atoms with Gasteiger partial charge in [-0.3, -0.25) is 0 Å². The molecule has 0 bridgehead atoms. The molecular formula is C18H38O6. The summed E-state index contributed by atoms with van der Waals surface area (Å²) in [5.74, 6) is 0. The van der Waals surface area contributed by atoms with Crippen molar-refractivity contribution in [3.05, 3.63) is 0 Å². The van der Waals surface area contributed by atoms with Crippen LogP contribution in [0.1, 0.15) is 71.1 Å². The second kappa shape index (κ2) is 16.2. The summed E-state index contributed by atoms with van der Waals surface area (Å²) in [6.07, 6.45) is 6.45. The topological polar surface area (TPSA) is 110 Å². The molecule has 0 aromatic rings. The van der Waals surface area contributed by atoms with Crippen LogP contribution in [-0.2, 0) is 4.74 Å². The Balaban J connectivity index is 3.43. The molecule has 0 fully saturated rings. The first-order chi connectivity index (χ1) is 11.5. The number of hydrogen-bond donors (Lipinski definition) is 5. The molecule has 0 aliphatic rings. The highest BCUT2D eigenvalue weighted by molar-refractivity contribution is 4.80. The fourth-order valence-corrected chi connectivity index (χ4v) is 2.56. The van der Waals surface area contributed by atoms with Gasteiger partial charge in [-0.1, -0.05) is 64.7 Å². The Hall–Kier alpha value is -0.240. The molecule has 0 rings (SSSR count). The maximum absolute atomic E-state index is 9.67. The second-order valence-electron chi connectivity index (χ2n) is 6.56. The van der Waals surface area contributed by atoms with E-state index in [1.807, 2.05) is 0 Å². The quantitative estimate of drug-likeness (QED) is 0.253. The SMILES string of the molecule is CCCCCCCCCCCCOC[C@H](O)[C@@H](O)[C@H](O)[C@H](O)CO. The number of aliphatic hydroxyl groups excluding tert-OH is 5. The highest BCUT2D eigenvalue weighted by Crippen LogP contribution is 2.11. The zero-order chi connectivity index (χ0) is 18.2. The average molecular weight is 350 g/mol. The van der Waals surface area contributed by atoms with Crippen molar-refractivity contribution in [2.24, 2.45) is 0 Å². The van der Waals surface area contributed by atoms with Gasteiger partial charge >= 0.3 is 0 Å². The van der Waals surface area contributed by atoms with Crippen molar-refractivity contribution in [3.63, 3.8) is 0 Å². The van der Waals surface area contributed by atoms with Crippen LogP contribution in [-0.4, -0.2) is 69.8 Å². The van der Waals surface area contributed by atoms with Gasteiger partial charge in [-0.2, -0.15) is 0 Å². The number of ether oxygens (including phenoxy) is 1. The van der Waals surface area contributed by atoms with E-state index in [1.54, 1.807) is 0 Å². The van der Waals surface area contributed by atoms with Crippen molar-refractivity contribution in [2.75, 3.05) is 19.8 Å². The fourth-order valence-electron chi connectivity index (χ4n) is 2.56. The molecule has 0 radical (unpaired) electrons. The zero-order valence-corrected chi connectivity index (χ0v) is 15.1. The Morgan fingerprint density at radius 1 is 0.667 bits per heavy atom. The molecule has 146 valence electrons. The van der Waals surface area contributed by atoms with E-state index in [0.29, 0.717) is 6.61 Å². The fraction of sp³-hybridized carbons (Fsp3) is 1.00. The largest absolute Gasteiger partial charge is 0.394 e. The van der Waals surface area contributed by atoms with Crippen LogP contribution in [0.3, 0.4) is 0 Å². The molecule has 0 heterocycles. The maximum Gasteiger partial charge on any atom is 0.111 e. The highest BCUT2D eigenvalue weighted by Gasteiger charge is 2.29. The van der Waals surface area contributed by atoms with E-state index >= 15 is 0 Å².